The normalized spacial score (nSPS) is 17.5. The second-order valence-corrected chi connectivity index (χ2v) is 6.85. The molecule has 0 atom stereocenters. The third-order valence-corrected chi connectivity index (χ3v) is 5.21. The van der Waals surface area contributed by atoms with Crippen molar-refractivity contribution in [3.8, 4) is 5.75 Å². The zero-order valence-corrected chi connectivity index (χ0v) is 16.1. The van der Waals surface area contributed by atoms with Crippen LogP contribution in [-0.2, 0) is 4.74 Å². The van der Waals surface area contributed by atoms with Crippen LogP contribution in [0.15, 0.2) is 36.4 Å². The van der Waals surface area contributed by atoms with Crippen molar-refractivity contribution < 1.29 is 14.3 Å². The van der Waals surface area contributed by atoms with Crippen molar-refractivity contribution in [1.29, 1.82) is 0 Å². The number of hydrogen-bond acceptors (Lipinski definition) is 7. The van der Waals surface area contributed by atoms with E-state index in [0.717, 1.165) is 43.4 Å². The number of nitrogens with zero attached hydrogens (tertiary/aromatic N) is 5. The van der Waals surface area contributed by atoms with Gasteiger partial charge in [0.2, 0.25) is 0 Å². The first-order chi connectivity index (χ1) is 13.7. The Morgan fingerprint density at radius 3 is 2.21 bits per heavy atom. The number of anilines is 2. The number of hydrogen-bond donors (Lipinski definition) is 0. The third kappa shape index (κ3) is 4.01. The highest BCUT2D eigenvalue weighted by molar-refractivity contribution is 5.92. The molecule has 28 heavy (non-hydrogen) atoms. The van der Waals surface area contributed by atoms with E-state index < -0.39 is 0 Å². The van der Waals surface area contributed by atoms with E-state index in [1.165, 1.54) is 0 Å². The summed E-state index contributed by atoms with van der Waals surface area (Å²) in [6.07, 6.45) is 0. The van der Waals surface area contributed by atoms with Crippen LogP contribution in [0.4, 0.5) is 11.5 Å². The summed E-state index contributed by atoms with van der Waals surface area (Å²) in [4.78, 5) is 19.0. The number of rotatable bonds is 4. The van der Waals surface area contributed by atoms with Gasteiger partial charge >= 0.3 is 0 Å². The molecular weight excluding hydrogens is 358 g/mol. The van der Waals surface area contributed by atoms with Crippen LogP contribution in [0.3, 0.4) is 0 Å². The molecule has 0 radical (unpaired) electrons. The standard InChI is InChI=1S/C20H25N5O3/c1-27-17-4-2-16(3-5-17)23-8-10-25(11-9-23)20(26)18-6-7-19(22-21-18)24-12-14-28-15-13-24/h2-7H,8-15H2,1H3. The van der Waals surface area contributed by atoms with Gasteiger partial charge in [0.25, 0.3) is 5.91 Å². The monoisotopic (exact) mass is 383 g/mol. The van der Waals surface area contributed by atoms with Crippen molar-refractivity contribution in [3.05, 3.63) is 42.1 Å². The number of carbonyl (C=O) groups excluding carboxylic acids is 1. The van der Waals surface area contributed by atoms with Gasteiger partial charge in [0.05, 0.1) is 20.3 Å². The molecule has 3 heterocycles. The molecule has 4 rings (SSSR count). The van der Waals surface area contributed by atoms with Gasteiger partial charge in [-0.25, -0.2) is 0 Å². The first kappa shape index (κ1) is 18.5. The highest BCUT2D eigenvalue weighted by Crippen LogP contribution is 2.21. The van der Waals surface area contributed by atoms with Gasteiger partial charge in [-0.3, -0.25) is 4.79 Å². The van der Waals surface area contributed by atoms with Crippen molar-refractivity contribution in [1.82, 2.24) is 15.1 Å². The van der Waals surface area contributed by atoms with Crippen LogP contribution < -0.4 is 14.5 Å². The van der Waals surface area contributed by atoms with E-state index >= 15 is 0 Å². The van der Waals surface area contributed by atoms with Gasteiger partial charge in [-0.1, -0.05) is 0 Å². The predicted octanol–water partition coefficient (Wildman–Crippen LogP) is 1.28. The summed E-state index contributed by atoms with van der Waals surface area (Å²) < 4.78 is 10.6. The second-order valence-electron chi connectivity index (χ2n) is 6.85. The predicted molar refractivity (Wildman–Crippen MR) is 106 cm³/mol. The Morgan fingerprint density at radius 1 is 0.893 bits per heavy atom. The molecule has 2 fully saturated rings. The average molecular weight is 383 g/mol. The number of benzene rings is 1. The molecule has 0 bridgehead atoms. The summed E-state index contributed by atoms with van der Waals surface area (Å²) >= 11 is 0. The Bertz CT molecular complexity index is 782. The lowest BCUT2D eigenvalue weighted by Crippen LogP contribution is -2.49. The van der Waals surface area contributed by atoms with E-state index in [1.54, 1.807) is 13.2 Å². The topological polar surface area (TPSA) is 71.0 Å². The van der Waals surface area contributed by atoms with Crippen molar-refractivity contribution in [2.24, 2.45) is 0 Å². The summed E-state index contributed by atoms with van der Waals surface area (Å²) in [5.74, 6) is 1.58. The minimum Gasteiger partial charge on any atom is -0.497 e. The highest BCUT2D eigenvalue weighted by atomic mass is 16.5. The van der Waals surface area contributed by atoms with Crippen molar-refractivity contribution >= 4 is 17.4 Å². The maximum atomic E-state index is 12.8. The summed E-state index contributed by atoms with van der Waals surface area (Å²) in [6, 6.07) is 11.7. The summed E-state index contributed by atoms with van der Waals surface area (Å²) in [7, 11) is 1.66. The highest BCUT2D eigenvalue weighted by Gasteiger charge is 2.24. The Labute approximate surface area is 164 Å². The quantitative estimate of drug-likeness (QED) is 0.788. The third-order valence-electron chi connectivity index (χ3n) is 5.21. The maximum absolute atomic E-state index is 12.8. The lowest BCUT2D eigenvalue weighted by molar-refractivity contribution is 0.0739. The summed E-state index contributed by atoms with van der Waals surface area (Å²) in [5.41, 5.74) is 1.54. The van der Waals surface area contributed by atoms with E-state index in [9.17, 15) is 4.79 Å². The fourth-order valence-electron chi connectivity index (χ4n) is 3.52. The molecule has 1 aromatic heterocycles. The molecular formula is C20H25N5O3. The average Bonchev–Trinajstić information content (AvgIpc) is 2.79. The van der Waals surface area contributed by atoms with E-state index in [0.29, 0.717) is 32.0 Å². The zero-order chi connectivity index (χ0) is 19.3. The van der Waals surface area contributed by atoms with Crippen LogP contribution in [0, 0.1) is 0 Å². The Hall–Kier alpha value is -2.87. The molecule has 2 aromatic rings. The first-order valence-corrected chi connectivity index (χ1v) is 9.59. The van der Waals surface area contributed by atoms with Crippen molar-refractivity contribution in [2.75, 3.05) is 69.4 Å². The van der Waals surface area contributed by atoms with Gasteiger partial charge < -0.3 is 24.2 Å². The molecule has 0 N–H and O–H groups in total. The lowest BCUT2D eigenvalue weighted by Gasteiger charge is -2.36. The first-order valence-electron chi connectivity index (χ1n) is 9.59. The number of morpholine rings is 1. The SMILES string of the molecule is COc1ccc(N2CCN(C(=O)c3ccc(N4CCOCC4)nn3)CC2)cc1. The minimum atomic E-state index is -0.0598. The van der Waals surface area contributed by atoms with Crippen LogP contribution in [0.25, 0.3) is 0 Å². The molecule has 2 aliphatic rings. The van der Waals surface area contributed by atoms with E-state index in [2.05, 4.69) is 20.0 Å². The number of carbonyl (C=O) groups is 1. The van der Waals surface area contributed by atoms with Gasteiger partial charge in [0, 0.05) is 45.0 Å². The maximum Gasteiger partial charge on any atom is 0.274 e. The van der Waals surface area contributed by atoms with Gasteiger partial charge in [0.1, 0.15) is 5.75 Å². The molecule has 0 aliphatic carbocycles. The van der Waals surface area contributed by atoms with Gasteiger partial charge in [-0.05, 0) is 36.4 Å². The van der Waals surface area contributed by atoms with Crippen molar-refractivity contribution in [3.63, 3.8) is 0 Å². The van der Waals surface area contributed by atoms with Crippen LogP contribution in [0.2, 0.25) is 0 Å². The van der Waals surface area contributed by atoms with Gasteiger partial charge in [-0.15, -0.1) is 10.2 Å². The van der Waals surface area contributed by atoms with Crippen molar-refractivity contribution in [2.45, 2.75) is 0 Å². The van der Waals surface area contributed by atoms with Crippen LogP contribution in [-0.4, -0.2) is 80.6 Å². The molecule has 148 valence electrons. The molecule has 0 spiro atoms. The largest absolute Gasteiger partial charge is 0.497 e. The molecule has 8 heteroatoms. The van der Waals surface area contributed by atoms with Crippen LogP contribution in [0.1, 0.15) is 10.5 Å². The number of piperazine rings is 1. The smallest absolute Gasteiger partial charge is 0.274 e. The Balaban J connectivity index is 1.34. The molecule has 2 aliphatic heterocycles. The molecule has 0 saturated carbocycles. The second kappa shape index (κ2) is 8.43. The fraction of sp³-hybridized carbons (Fsp3) is 0.450. The number of ether oxygens (including phenoxy) is 2. The summed E-state index contributed by atoms with van der Waals surface area (Å²) in [5, 5.41) is 8.42. The van der Waals surface area contributed by atoms with Gasteiger partial charge in [-0.2, -0.15) is 0 Å². The Morgan fingerprint density at radius 2 is 1.61 bits per heavy atom. The zero-order valence-electron chi connectivity index (χ0n) is 16.1. The fourth-order valence-corrected chi connectivity index (χ4v) is 3.52. The number of aromatic nitrogens is 2. The number of methoxy groups -OCH3 is 1. The van der Waals surface area contributed by atoms with E-state index in [1.807, 2.05) is 35.2 Å². The minimum absolute atomic E-state index is 0.0598. The van der Waals surface area contributed by atoms with E-state index in [-0.39, 0.29) is 5.91 Å². The van der Waals surface area contributed by atoms with Crippen LogP contribution in [0.5, 0.6) is 5.75 Å². The number of amides is 1. The molecule has 8 nitrogen and oxygen atoms in total. The van der Waals surface area contributed by atoms with Crippen LogP contribution >= 0.6 is 0 Å². The molecule has 1 aromatic carbocycles. The lowest BCUT2D eigenvalue weighted by atomic mass is 10.2. The van der Waals surface area contributed by atoms with E-state index in [4.69, 9.17) is 9.47 Å². The molecule has 2 saturated heterocycles. The van der Waals surface area contributed by atoms with Gasteiger partial charge in [0.15, 0.2) is 11.5 Å². The summed E-state index contributed by atoms with van der Waals surface area (Å²) in [6.45, 7) is 5.90. The molecule has 0 unspecified atom stereocenters. The Kier molecular flexibility index (Phi) is 5.57. The molecule has 1 amide bonds.